The van der Waals surface area contributed by atoms with Gasteiger partial charge in [0.25, 0.3) is 0 Å². The molecule has 81 valence electrons. The van der Waals surface area contributed by atoms with Crippen molar-refractivity contribution in [3.8, 4) is 0 Å². The first kappa shape index (κ1) is 24.3. The molecule has 0 bridgehead atoms. The zero-order valence-corrected chi connectivity index (χ0v) is 12.2. The predicted molar refractivity (Wildman–Crippen MR) is 44.7 cm³/mol. The maximum atomic E-state index is 3.37. The van der Waals surface area contributed by atoms with Crippen LogP contribution in [0.25, 0.3) is 0 Å². The first-order valence-electron chi connectivity index (χ1n) is 4.11. The van der Waals surface area contributed by atoms with E-state index in [2.05, 4.69) is 26.0 Å². The van der Waals surface area contributed by atoms with Crippen LogP contribution in [0.5, 0.6) is 0 Å². The summed E-state index contributed by atoms with van der Waals surface area (Å²) in [4.78, 5) is 0. The number of hydrogen-bond acceptors (Lipinski definition) is 0. The van der Waals surface area contributed by atoms with Crippen molar-refractivity contribution in [3.05, 3.63) is 23.3 Å². The largest absolute Gasteiger partial charge is 4.00 e. The third-order valence-electron chi connectivity index (χ3n) is 1.83. The Morgan fingerprint density at radius 2 is 1.86 bits per heavy atom. The van der Waals surface area contributed by atoms with Gasteiger partial charge in [-0.15, -0.1) is 0 Å². The van der Waals surface area contributed by atoms with Crippen molar-refractivity contribution in [2.45, 2.75) is 39.5 Å². The number of unbranched alkanes of at least 4 members (excludes halogenated alkanes) is 1. The number of hydrogen-bond donors (Lipinski definition) is 0. The van der Waals surface area contributed by atoms with Crippen molar-refractivity contribution < 1.29 is 55.8 Å². The van der Waals surface area contributed by atoms with E-state index in [1.165, 1.54) is 30.4 Å². The third-order valence-corrected chi connectivity index (χ3v) is 1.83. The molecule has 1 radical (unpaired) electrons. The van der Waals surface area contributed by atoms with Crippen molar-refractivity contribution in [1.82, 2.24) is 0 Å². The second-order valence-electron chi connectivity index (χ2n) is 2.94. The van der Waals surface area contributed by atoms with Gasteiger partial charge in [-0.25, -0.2) is 17.7 Å². The smallest absolute Gasteiger partial charge is 1.00 e. The molecule has 0 nitrogen and oxygen atoms in total. The molecular weight excluding hydrogens is 277 g/mol. The monoisotopic (exact) mass is 291 g/mol. The summed E-state index contributed by atoms with van der Waals surface area (Å²) < 4.78 is 0. The molecule has 0 aromatic carbocycles. The minimum absolute atomic E-state index is 0. The normalized spacial score (nSPS) is 12.1. The first-order chi connectivity index (χ1) is 4.83. The molecule has 0 amide bonds. The summed E-state index contributed by atoms with van der Waals surface area (Å²) in [5.74, 6) is 0. The average Bonchev–Trinajstić information content (AvgIpc) is 2.31. The summed E-state index contributed by atoms with van der Waals surface area (Å²) in [7, 11) is 0. The van der Waals surface area contributed by atoms with Crippen LogP contribution >= 0.6 is 0 Å². The molecule has 0 spiro atoms. The van der Waals surface area contributed by atoms with E-state index in [0.29, 0.717) is 0 Å². The molecule has 14 heavy (non-hydrogen) atoms. The fourth-order valence-corrected chi connectivity index (χ4v) is 1.18. The van der Waals surface area contributed by atoms with Crippen LogP contribution in [0.15, 0.2) is 17.2 Å². The van der Waals surface area contributed by atoms with E-state index in [9.17, 15) is 0 Å². The van der Waals surface area contributed by atoms with Gasteiger partial charge in [-0.3, -0.25) is 0 Å². The van der Waals surface area contributed by atoms with Crippen LogP contribution in [0.2, 0.25) is 0 Å². The van der Waals surface area contributed by atoms with Crippen molar-refractivity contribution in [2.24, 2.45) is 0 Å². The van der Waals surface area contributed by atoms with Gasteiger partial charge in [-0.1, -0.05) is 39.5 Å². The molecule has 1 aliphatic carbocycles. The molecule has 0 atom stereocenters. The van der Waals surface area contributed by atoms with Crippen molar-refractivity contribution in [1.29, 1.82) is 0 Å². The molecule has 0 fully saturated rings. The Morgan fingerprint density at radius 3 is 2.21 bits per heavy atom. The average molecular weight is 293 g/mol. The third kappa shape index (κ3) is 9.49. The van der Waals surface area contributed by atoms with E-state index < -0.39 is 0 Å². The summed E-state index contributed by atoms with van der Waals surface area (Å²) in [5.41, 5.74) is 2.82. The van der Waals surface area contributed by atoms with Crippen LogP contribution in [0.4, 0.5) is 0 Å². The Hall–Kier alpha value is 0.934. The SMILES string of the molecule is CCCCC1=CCC(C)=[C-]1.[Cl-].[Cl-].[Cl-].[V+4]. The topological polar surface area (TPSA) is 0 Å². The molecule has 1 aliphatic rings. The predicted octanol–water partition coefficient (Wildman–Crippen LogP) is -5.73. The van der Waals surface area contributed by atoms with E-state index >= 15 is 0 Å². The minimum Gasteiger partial charge on any atom is -1.00 e. The van der Waals surface area contributed by atoms with Gasteiger partial charge >= 0.3 is 18.6 Å². The van der Waals surface area contributed by atoms with Crippen molar-refractivity contribution in [2.75, 3.05) is 0 Å². The molecule has 0 saturated carbocycles. The van der Waals surface area contributed by atoms with E-state index in [0.717, 1.165) is 6.42 Å². The van der Waals surface area contributed by atoms with Crippen molar-refractivity contribution >= 4 is 0 Å². The molecule has 0 saturated heterocycles. The zero-order valence-electron chi connectivity index (χ0n) is 8.49. The molecule has 0 aromatic heterocycles. The van der Waals surface area contributed by atoms with Gasteiger partial charge < -0.3 is 37.2 Å². The molecule has 0 aliphatic heterocycles. The van der Waals surface area contributed by atoms with E-state index in [1.54, 1.807) is 0 Å². The van der Waals surface area contributed by atoms with Crippen LogP contribution < -0.4 is 37.2 Å². The number of allylic oxidation sites excluding steroid dienone is 4. The van der Waals surface area contributed by atoms with Gasteiger partial charge in [0.2, 0.25) is 0 Å². The van der Waals surface area contributed by atoms with Crippen LogP contribution in [0.1, 0.15) is 39.5 Å². The molecule has 1 rings (SSSR count). The summed E-state index contributed by atoms with van der Waals surface area (Å²) >= 11 is 0. The van der Waals surface area contributed by atoms with E-state index in [-0.39, 0.29) is 55.8 Å². The van der Waals surface area contributed by atoms with Gasteiger partial charge in [0.15, 0.2) is 0 Å². The number of rotatable bonds is 3. The second kappa shape index (κ2) is 13.9. The maximum Gasteiger partial charge on any atom is 4.00 e. The van der Waals surface area contributed by atoms with Gasteiger partial charge in [-0.2, -0.15) is 5.57 Å². The molecule has 0 heterocycles. The molecule has 4 heteroatoms. The maximum absolute atomic E-state index is 3.37. The summed E-state index contributed by atoms with van der Waals surface area (Å²) in [6, 6.07) is 0. The Balaban J connectivity index is -0.000000125. The Bertz CT molecular complexity index is 176. The fraction of sp³-hybridized carbons (Fsp3) is 0.600. The standard InChI is InChI=1S/C10H15.3ClH.V/c1-3-4-5-10-7-6-9(2)8-10;;;;/h7H,3-6H2,1-2H3;3*1H;/q-1;;;;+4/p-3. The minimum atomic E-state index is 0. The van der Waals surface area contributed by atoms with E-state index in [4.69, 9.17) is 0 Å². The Labute approximate surface area is 118 Å². The van der Waals surface area contributed by atoms with Crippen molar-refractivity contribution in [3.63, 3.8) is 0 Å². The molecule has 0 aromatic rings. The zero-order chi connectivity index (χ0) is 7.40. The first-order valence-corrected chi connectivity index (χ1v) is 4.11. The quantitative estimate of drug-likeness (QED) is 0.455. The summed E-state index contributed by atoms with van der Waals surface area (Å²) in [6.07, 6.45) is 10.6. The fourth-order valence-electron chi connectivity index (χ4n) is 1.18. The van der Waals surface area contributed by atoms with Crippen LogP contribution in [-0.2, 0) is 18.6 Å². The molecule has 0 unspecified atom stereocenters. The van der Waals surface area contributed by atoms with Crippen LogP contribution in [0, 0.1) is 6.08 Å². The second-order valence-corrected chi connectivity index (χ2v) is 2.94. The summed E-state index contributed by atoms with van der Waals surface area (Å²) in [5, 5.41) is 0. The molecular formula is C10H15Cl3V. The van der Waals surface area contributed by atoms with Crippen LogP contribution in [0.3, 0.4) is 0 Å². The Kier molecular flexibility index (Phi) is 24.1. The van der Waals surface area contributed by atoms with Crippen LogP contribution in [-0.4, -0.2) is 0 Å². The van der Waals surface area contributed by atoms with Gasteiger partial charge in [-0.05, 0) is 0 Å². The number of halogens is 3. The molecule has 0 N–H and O–H groups in total. The van der Waals surface area contributed by atoms with Gasteiger partial charge in [0.1, 0.15) is 0 Å². The Morgan fingerprint density at radius 1 is 1.29 bits per heavy atom. The van der Waals surface area contributed by atoms with E-state index in [1.807, 2.05) is 0 Å². The van der Waals surface area contributed by atoms with Gasteiger partial charge in [0.05, 0.1) is 0 Å². The van der Waals surface area contributed by atoms with Gasteiger partial charge in [0, 0.05) is 0 Å². The summed E-state index contributed by atoms with van der Waals surface area (Å²) in [6.45, 7) is 4.38.